The average molecular weight is 226 g/mol. The van der Waals surface area contributed by atoms with Crippen molar-refractivity contribution in [2.75, 3.05) is 19.4 Å². The van der Waals surface area contributed by atoms with Gasteiger partial charge in [-0.2, -0.15) is 0 Å². The third-order valence-electron chi connectivity index (χ3n) is 2.49. The van der Waals surface area contributed by atoms with E-state index in [4.69, 9.17) is 10.8 Å². The molecule has 0 heterocycles. The third-order valence-corrected chi connectivity index (χ3v) is 2.49. The number of carbonyl (C=O) groups is 1. The summed E-state index contributed by atoms with van der Waals surface area (Å²) < 4.78 is 13.0. The van der Waals surface area contributed by atoms with Crippen LogP contribution in [-0.2, 0) is 0 Å². The lowest BCUT2D eigenvalue weighted by Gasteiger charge is -2.23. The monoisotopic (exact) mass is 226 g/mol. The van der Waals surface area contributed by atoms with E-state index in [1.165, 1.54) is 24.1 Å². The minimum absolute atomic E-state index is 0.114. The number of aliphatic hydroxyl groups is 1. The van der Waals surface area contributed by atoms with Gasteiger partial charge in [0.2, 0.25) is 0 Å². The summed E-state index contributed by atoms with van der Waals surface area (Å²) in [5.41, 5.74) is 5.93. The van der Waals surface area contributed by atoms with Gasteiger partial charge in [-0.3, -0.25) is 4.79 Å². The zero-order valence-electron chi connectivity index (χ0n) is 9.27. The molecule has 0 saturated heterocycles. The molecule has 0 fully saturated rings. The van der Waals surface area contributed by atoms with Crippen molar-refractivity contribution in [1.29, 1.82) is 0 Å². The Hall–Kier alpha value is -1.62. The van der Waals surface area contributed by atoms with Crippen molar-refractivity contribution in [2.45, 2.75) is 13.0 Å². The minimum atomic E-state index is -0.511. The highest BCUT2D eigenvalue weighted by atomic mass is 19.1. The van der Waals surface area contributed by atoms with E-state index in [-0.39, 0.29) is 23.9 Å². The maximum absolute atomic E-state index is 13.0. The van der Waals surface area contributed by atoms with Crippen LogP contribution in [0.25, 0.3) is 0 Å². The minimum Gasteiger partial charge on any atom is -0.398 e. The van der Waals surface area contributed by atoms with Crippen molar-refractivity contribution in [3.63, 3.8) is 0 Å². The molecule has 88 valence electrons. The number of hydrogen-bond donors (Lipinski definition) is 2. The van der Waals surface area contributed by atoms with Crippen LogP contribution in [0.1, 0.15) is 17.3 Å². The molecule has 0 radical (unpaired) electrons. The zero-order chi connectivity index (χ0) is 12.3. The highest BCUT2D eigenvalue weighted by Gasteiger charge is 2.19. The molecule has 1 amide bonds. The van der Waals surface area contributed by atoms with Gasteiger partial charge in [0.05, 0.1) is 18.2 Å². The molecular formula is C11H15FN2O2. The number of benzene rings is 1. The molecule has 0 saturated carbocycles. The van der Waals surface area contributed by atoms with Gasteiger partial charge in [0.15, 0.2) is 0 Å². The number of nitrogen functional groups attached to an aromatic ring is 1. The summed E-state index contributed by atoms with van der Waals surface area (Å²) in [6.45, 7) is 1.53. The van der Waals surface area contributed by atoms with E-state index >= 15 is 0 Å². The zero-order valence-corrected chi connectivity index (χ0v) is 9.27. The molecule has 16 heavy (non-hydrogen) atoms. The summed E-state index contributed by atoms with van der Waals surface area (Å²) in [6.07, 6.45) is 0. The van der Waals surface area contributed by atoms with E-state index in [0.29, 0.717) is 0 Å². The second-order valence-electron chi connectivity index (χ2n) is 3.68. The van der Waals surface area contributed by atoms with Crippen LogP contribution in [0.2, 0.25) is 0 Å². The number of amides is 1. The van der Waals surface area contributed by atoms with Crippen LogP contribution in [0.3, 0.4) is 0 Å². The standard InChI is InChI=1S/C11H15FN2O2/c1-7(6-15)14(2)11(16)9-5-8(12)3-4-10(9)13/h3-5,7,15H,6,13H2,1-2H3. The van der Waals surface area contributed by atoms with Crippen LogP contribution < -0.4 is 5.73 Å². The Labute approximate surface area is 93.5 Å². The van der Waals surface area contributed by atoms with Crippen LogP contribution in [0.4, 0.5) is 10.1 Å². The lowest BCUT2D eigenvalue weighted by molar-refractivity contribution is 0.0683. The summed E-state index contributed by atoms with van der Waals surface area (Å²) in [7, 11) is 1.54. The number of anilines is 1. The molecule has 0 aliphatic heterocycles. The maximum Gasteiger partial charge on any atom is 0.256 e. The summed E-state index contributed by atoms with van der Waals surface area (Å²) >= 11 is 0. The van der Waals surface area contributed by atoms with Gasteiger partial charge < -0.3 is 15.7 Å². The Morgan fingerprint density at radius 2 is 2.25 bits per heavy atom. The van der Waals surface area contributed by atoms with Crippen LogP contribution >= 0.6 is 0 Å². The first-order chi connectivity index (χ1) is 7.47. The summed E-state index contributed by atoms with van der Waals surface area (Å²) in [4.78, 5) is 13.2. The Balaban J connectivity index is 3.00. The molecule has 4 nitrogen and oxygen atoms in total. The van der Waals surface area contributed by atoms with Gasteiger partial charge >= 0.3 is 0 Å². The molecule has 1 atom stereocenters. The van der Waals surface area contributed by atoms with Gasteiger partial charge in [-0.1, -0.05) is 0 Å². The molecule has 0 aromatic heterocycles. The number of rotatable bonds is 3. The second kappa shape index (κ2) is 4.94. The lowest BCUT2D eigenvalue weighted by Crippen LogP contribution is -2.37. The number of carbonyl (C=O) groups excluding carboxylic acids is 1. The highest BCUT2D eigenvalue weighted by Crippen LogP contribution is 2.16. The predicted molar refractivity (Wildman–Crippen MR) is 59.5 cm³/mol. The first-order valence-electron chi connectivity index (χ1n) is 4.90. The Bertz CT molecular complexity index is 396. The fourth-order valence-electron chi connectivity index (χ4n) is 1.23. The van der Waals surface area contributed by atoms with E-state index in [9.17, 15) is 9.18 Å². The number of halogens is 1. The second-order valence-corrected chi connectivity index (χ2v) is 3.68. The van der Waals surface area contributed by atoms with Crippen LogP contribution in [0, 0.1) is 5.82 Å². The van der Waals surface area contributed by atoms with Crippen molar-refractivity contribution in [2.24, 2.45) is 0 Å². The molecule has 0 bridgehead atoms. The van der Waals surface area contributed by atoms with Crippen LogP contribution in [0.15, 0.2) is 18.2 Å². The molecule has 0 aliphatic rings. The highest BCUT2D eigenvalue weighted by molar-refractivity contribution is 5.99. The molecule has 0 aliphatic carbocycles. The van der Waals surface area contributed by atoms with Gasteiger partial charge in [0, 0.05) is 12.7 Å². The van der Waals surface area contributed by atoms with E-state index < -0.39 is 11.7 Å². The average Bonchev–Trinajstić information content (AvgIpc) is 2.29. The number of hydrogen-bond acceptors (Lipinski definition) is 3. The van der Waals surface area contributed by atoms with Crippen molar-refractivity contribution in [1.82, 2.24) is 4.90 Å². The van der Waals surface area contributed by atoms with Gasteiger partial charge in [-0.25, -0.2) is 4.39 Å². The fourth-order valence-corrected chi connectivity index (χ4v) is 1.23. The molecule has 1 aromatic rings. The largest absolute Gasteiger partial charge is 0.398 e. The van der Waals surface area contributed by atoms with E-state index in [0.717, 1.165) is 6.07 Å². The van der Waals surface area contributed by atoms with E-state index in [1.54, 1.807) is 6.92 Å². The Morgan fingerprint density at radius 1 is 1.62 bits per heavy atom. The van der Waals surface area contributed by atoms with Gasteiger partial charge in [0.25, 0.3) is 5.91 Å². The first kappa shape index (κ1) is 12.4. The quantitative estimate of drug-likeness (QED) is 0.751. The lowest BCUT2D eigenvalue weighted by atomic mass is 10.1. The van der Waals surface area contributed by atoms with Crippen molar-refractivity contribution < 1.29 is 14.3 Å². The summed E-state index contributed by atoms with van der Waals surface area (Å²) in [5, 5.41) is 8.93. The first-order valence-corrected chi connectivity index (χ1v) is 4.90. The molecule has 1 unspecified atom stereocenters. The van der Waals surface area contributed by atoms with Gasteiger partial charge in [0.1, 0.15) is 5.82 Å². The number of nitrogens with two attached hydrogens (primary N) is 1. The van der Waals surface area contributed by atoms with E-state index in [2.05, 4.69) is 0 Å². The van der Waals surface area contributed by atoms with Crippen LogP contribution in [-0.4, -0.2) is 35.6 Å². The summed E-state index contributed by atoms with van der Waals surface area (Å²) in [6, 6.07) is 3.30. The molecule has 1 rings (SSSR count). The van der Waals surface area contributed by atoms with Crippen molar-refractivity contribution >= 4 is 11.6 Å². The Morgan fingerprint density at radius 3 is 2.81 bits per heavy atom. The van der Waals surface area contributed by atoms with Gasteiger partial charge in [-0.05, 0) is 25.1 Å². The number of aliphatic hydroxyl groups excluding tert-OH is 1. The van der Waals surface area contributed by atoms with Gasteiger partial charge in [-0.15, -0.1) is 0 Å². The predicted octanol–water partition coefficient (Wildman–Crippen LogP) is 0.861. The normalized spacial score (nSPS) is 12.2. The summed E-state index contributed by atoms with van der Waals surface area (Å²) in [5.74, 6) is -0.916. The molecular weight excluding hydrogens is 211 g/mol. The topological polar surface area (TPSA) is 66.6 Å². The molecule has 3 N–H and O–H groups in total. The maximum atomic E-state index is 13.0. The Kier molecular flexibility index (Phi) is 3.84. The fraction of sp³-hybridized carbons (Fsp3) is 0.364. The van der Waals surface area contributed by atoms with Crippen molar-refractivity contribution in [3.8, 4) is 0 Å². The number of likely N-dealkylation sites (N-methyl/N-ethyl adjacent to an activating group) is 1. The smallest absolute Gasteiger partial charge is 0.256 e. The van der Waals surface area contributed by atoms with E-state index in [1.807, 2.05) is 0 Å². The number of nitrogens with zero attached hydrogens (tertiary/aromatic N) is 1. The molecule has 1 aromatic carbocycles. The third kappa shape index (κ3) is 2.49. The van der Waals surface area contributed by atoms with Crippen LogP contribution in [0.5, 0.6) is 0 Å². The molecule has 5 heteroatoms. The molecule has 0 spiro atoms. The SMILES string of the molecule is CC(CO)N(C)C(=O)c1cc(F)ccc1N. The van der Waals surface area contributed by atoms with Crippen molar-refractivity contribution in [3.05, 3.63) is 29.6 Å².